The molecule has 1 atom stereocenters. The van der Waals surface area contributed by atoms with Gasteiger partial charge in [-0.2, -0.15) is 0 Å². The number of para-hydroxylation sites is 1. The van der Waals surface area contributed by atoms with E-state index in [1.54, 1.807) is 12.5 Å². The van der Waals surface area contributed by atoms with Gasteiger partial charge in [-0.3, -0.25) is 4.79 Å². The highest BCUT2D eigenvalue weighted by atomic mass is 16.3. The van der Waals surface area contributed by atoms with Gasteiger partial charge in [-0.15, -0.1) is 0 Å². The molecule has 0 fully saturated rings. The van der Waals surface area contributed by atoms with Gasteiger partial charge in [0.15, 0.2) is 0 Å². The summed E-state index contributed by atoms with van der Waals surface area (Å²) in [5.41, 5.74) is 6.58. The maximum Gasteiger partial charge on any atom is 0.257 e. The van der Waals surface area contributed by atoms with Gasteiger partial charge >= 0.3 is 0 Å². The Kier molecular flexibility index (Phi) is 4.79. The smallest absolute Gasteiger partial charge is 0.257 e. The number of fused-ring (bicyclic) bond motifs is 2. The van der Waals surface area contributed by atoms with Crippen molar-refractivity contribution >= 4 is 28.2 Å². The predicted molar refractivity (Wildman–Crippen MR) is 129 cm³/mol. The highest BCUT2D eigenvalue weighted by molar-refractivity contribution is 5.96. The van der Waals surface area contributed by atoms with Crippen molar-refractivity contribution in [2.24, 2.45) is 0 Å². The fourth-order valence-corrected chi connectivity index (χ4v) is 5.17. The number of H-pyrrole nitrogens is 1. The van der Waals surface area contributed by atoms with E-state index in [9.17, 15) is 4.79 Å². The zero-order valence-electron chi connectivity index (χ0n) is 18.6. The third kappa shape index (κ3) is 3.42. The van der Waals surface area contributed by atoms with E-state index in [-0.39, 0.29) is 5.91 Å². The Hall–Kier alpha value is -3.80. The normalized spacial score (nSPS) is 18.0. The number of anilines is 1. The molecule has 0 saturated carbocycles. The van der Waals surface area contributed by atoms with E-state index in [1.807, 2.05) is 23.2 Å². The Morgan fingerprint density at radius 1 is 1.21 bits per heavy atom. The summed E-state index contributed by atoms with van der Waals surface area (Å²) in [4.78, 5) is 25.3. The number of pyridine rings is 1. The first-order valence-electron chi connectivity index (χ1n) is 11.5. The number of rotatable bonds is 4. The van der Waals surface area contributed by atoms with E-state index >= 15 is 0 Å². The second kappa shape index (κ2) is 7.96. The molecule has 0 bridgehead atoms. The number of hydrogen-bond acceptors (Lipinski definition) is 4. The maximum atomic E-state index is 13.4. The molecule has 6 nitrogen and oxygen atoms in total. The van der Waals surface area contributed by atoms with Crippen LogP contribution in [0.3, 0.4) is 0 Å². The molecule has 0 radical (unpaired) electrons. The second-order valence-corrected chi connectivity index (χ2v) is 8.90. The topological polar surface area (TPSA) is 65.4 Å². The first kappa shape index (κ1) is 19.9. The van der Waals surface area contributed by atoms with Gasteiger partial charge in [0.25, 0.3) is 5.91 Å². The van der Waals surface area contributed by atoms with Gasteiger partial charge < -0.3 is 19.2 Å². The van der Waals surface area contributed by atoms with Crippen molar-refractivity contribution in [3.8, 4) is 0 Å². The van der Waals surface area contributed by atoms with E-state index in [0.29, 0.717) is 31.2 Å². The molecule has 5 heterocycles. The van der Waals surface area contributed by atoms with Gasteiger partial charge in [0.05, 0.1) is 18.4 Å². The summed E-state index contributed by atoms with van der Waals surface area (Å²) in [5.74, 6) is 0.774. The molecule has 6 rings (SSSR count). The van der Waals surface area contributed by atoms with E-state index in [1.165, 1.54) is 22.4 Å². The highest BCUT2D eigenvalue weighted by Crippen LogP contribution is 2.34. The van der Waals surface area contributed by atoms with Crippen LogP contribution in [0.25, 0.3) is 16.6 Å². The maximum absolute atomic E-state index is 13.4. The number of nitrogens with zero attached hydrogens (tertiary/aromatic N) is 3. The van der Waals surface area contributed by atoms with Crippen molar-refractivity contribution < 1.29 is 9.21 Å². The summed E-state index contributed by atoms with van der Waals surface area (Å²) >= 11 is 0. The van der Waals surface area contributed by atoms with E-state index in [4.69, 9.17) is 4.42 Å². The minimum Gasteiger partial charge on any atom is -0.467 e. The molecule has 1 amide bonds. The monoisotopic (exact) mass is 438 g/mol. The third-order valence-electron chi connectivity index (χ3n) is 6.93. The standard InChI is InChI=1S/C27H26N4O2/c1-18-15-20-5-2-3-7-24(20)31(18)17-25-22(10-14-33-25)27(32)30-12-8-19(9-13-30)23-16-29-26-21(23)6-4-11-28-26/h2-8,10-11,14,16,18H,9,12-13,15,17H2,1H3,(H,28,29). The molecule has 2 aliphatic heterocycles. The van der Waals surface area contributed by atoms with Gasteiger partial charge in [-0.1, -0.05) is 24.3 Å². The average Bonchev–Trinajstić information content (AvgIpc) is 3.57. The van der Waals surface area contributed by atoms with Crippen LogP contribution in [0.1, 0.15) is 40.6 Å². The van der Waals surface area contributed by atoms with Gasteiger partial charge in [0, 0.05) is 48.2 Å². The van der Waals surface area contributed by atoms with Crippen LogP contribution >= 0.6 is 0 Å². The molecular weight excluding hydrogens is 412 g/mol. The molecule has 6 heteroatoms. The Balaban J connectivity index is 1.20. The Morgan fingerprint density at radius 2 is 2.12 bits per heavy atom. The lowest BCUT2D eigenvalue weighted by molar-refractivity contribution is 0.0770. The number of aromatic nitrogens is 2. The van der Waals surface area contributed by atoms with Gasteiger partial charge in [0.1, 0.15) is 11.4 Å². The quantitative estimate of drug-likeness (QED) is 0.485. The lowest BCUT2D eigenvalue weighted by Gasteiger charge is -2.27. The predicted octanol–water partition coefficient (Wildman–Crippen LogP) is 5.04. The second-order valence-electron chi connectivity index (χ2n) is 8.90. The van der Waals surface area contributed by atoms with Crippen molar-refractivity contribution in [3.63, 3.8) is 0 Å². The lowest BCUT2D eigenvalue weighted by atomic mass is 9.99. The number of aromatic amines is 1. The number of carbonyl (C=O) groups excluding carboxylic acids is 1. The number of amides is 1. The molecule has 1 N–H and O–H groups in total. The van der Waals surface area contributed by atoms with Gasteiger partial charge in [0.2, 0.25) is 0 Å². The number of hydrogen-bond donors (Lipinski definition) is 1. The summed E-state index contributed by atoms with van der Waals surface area (Å²) in [7, 11) is 0. The van der Waals surface area contributed by atoms with Crippen LogP contribution in [0.4, 0.5) is 5.69 Å². The van der Waals surface area contributed by atoms with Crippen LogP contribution in [0.5, 0.6) is 0 Å². The molecule has 166 valence electrons. The minimum atomic E-state index is 0.0368. The zero-order valence-corrected chi connectivity index (χ0v) is 18.6. The first-order valence-corrected chi connectivity index (χ1v) is 11.5. The average molecular weight is 439 g/mol. The van der Waals surface area contributed by atoms with Crippen molar-refractivity contribution in [2.75, 3.05) is 18.0 Å². The first-order chi connectivity index (χ1) is 16.2. The molecule has 1 unspecified atom stereocenters. The summed E-state index contributed by atoms with van der Waals surface area (Å²) < 4.78 is 5.81. The molecule has 33 heavy (non-hydrogen) atoms. The summed E-state index contributed by atoms with van der Waals surface area (Å²) in [6.07, 6.45) is 9.45. The van der Waals surface area contributed by atoms with Crippen LogP contribution in [-0.4, -0.2) is 39.9 Å². The van der Waals surface area contributed by atoms with Crippen molar-refractivity contribution in [1.29, 1.82) is 0 Å². The van der Waals surface area contributed by atoms with Crippen LogP contribution in [0.2, 0.25) is 0 Å². The van der Waals surface area contributed by atoms with E-state index < -0.39 is 0 Å². The number of carbonyl (C=O) groups is 1. The molecule has 1 aromatic carbocycles. The SMILES string of the molecule is CC1Cc2ccccc2N1Cc1occc1C(=O)N1CC=C(c2c[nH]c3ncccc23)CC1. The summed E-state index contributed by atoms with van der Waals surface area (Å²) in [6, 6.07) is 14.7. The van der Waals surface area contributed by atoms with Crippen molar-refractivity contribution in [3.05, 3.63) is 89.6 Å². The van der Waals surface area contributed by atoms with Gasteiger partial charge in [-0.25, -0.2) is 4.98 Å². The Bertz CT molecular complexity index is 1370. The molecule has 3 aromatic heterocycles. The molecule has 0 aliphatic carbocycles. The van der Waals surface area contributed by atoms with E-state index in [2.05, 4.69) is 58.2 Å². The Morgan fingerprint density at radius 3 is 3.00 bits per heavy atom. The minimum absolute atomic E-state index is 0.0368. The molecule has 4 aromatic rings. The van der Waals surface area contributed by atoms with Crippen molar-refractivity contribution in [1.82, 2.24) is 14.9 Å². The number of furan rings is 1. The van der Waals surface area contributed by atoms with E-state index in [0.717, 1.165) is 29.6 Å². The largest absolute Gasteiger partial charge is 0.467 e. The van der Waals surface area contributed by atoms with Crippen LogP contribution in [0, 0.1) is 0 Å². The highest BCUT2D eigenvalue weighted by Gasteiger charge is 2.29. The zero-order chi connectivity index (χ0) is 22.4. The third-order valence-corrected chi connectivity index (χ3v) is 6.93. The van der Waals surface area contributed by atoms with Crippen LogP contribution in [-0.2, 0) is 13.0 Å². The molecular formula is C27H26N4O2. The lowest BCUT2D eigenvalue weighted by Crippen LogP contribution is -2.35. The molecule has 0 spiro atoms. The molecule has 0 saturated heterocycles. The number of nitrogens with one attached hydrogen (secondary N) is 1. The number of benzene rings is 1. The van der Waals surface area contributed by atoms with Crippen molar-refractivity contribution in [2.45, 2.75) is 32.4 Å². The van der Waals surface area contributed by atoms with Crippen LogP contribution in [0.15, 0.2) is 71.6 Å². The fourth-order valence-electron chi connectivity index (χ4n) is 5.17. The fraction of sp³-hybridized carbons (Fsp3) is 0.259. The van der Waals surface area contributed by atoms with Crippen LogP contribution < -0.4 is 4.90 Å². The van der Waals surface area contributed by atoms with Gasteiger partial charge in [-0.05, 0) is 55.2 Å². The Labute approximate surface area is 192 Å². The molecule has 2 aliphatic rings. The summed E-state index contributed by atoms with van der Waals surface area (Å²) in [5, 5.41) is 1.13. The summed E-state index contributed by atoms with van der Waals surface area (Å²) in [6.45, 7) is 4.10.